The topological polar surface area (TPSA) is 57.7 Å². The Labute approximate surface area is 138 Å². The van der Waals surface area contributed by atoms with Crippen molar-refractivity contribution < 1.29 is 17.6 Å². The third-order valence-electron chi connectivity index (χ3n) is 3.62. The lowest BCUT2D eigenvalue weighted by atomic mass is 10.2. The summed E-state index contributed by atoms with van der Waals surface area (Å²) in [7, 11) is -1.81. The molecule has 0 fully saturated rings. The molecular formula is C16H25FN2O3S. The van der Waals surface area contributed by atoms with Gasteiger partial charge in [-0.1, -0.05) is 31.5 Å². The van der Waals surface area contributed by atoms with Crippen LogP contribution in [0.15, 0.2) is 24.3 Å². The zero-order chi connectivity index (χ0) is 17.5. The van der Waals surface area contributed by atoms with E-state index in [0.29, 0.717) is 12.1 Å². The monoisotopic (exact) mass is 344 g/mol. The minimum absolute atomic E-state index is 0.0441. The van der Waals surface area contributed by atoms with Crippen molar-refractivity contribution in [2.24, 2.45) is 0 Å². The maximum Gasteiger partial charge on any atom is 0.223 e. The maximum absolute atomic E-state index is 13.7. The molecule has 7 heteroatoms. The number of unbranched alkanes of at least 4 members (excludes halogenated alkanes) is 1. The molecule has 0 aliphatic carbocycles. The van der Waals surface area contributed by atoms with Crippen LogP contribution in [0.4, 0.5) is 4.39 Å². The first-order chi connectivity index (χ1) is 10.8. The molecule has 0 spiro atoms. The largest absolute Gasteiger partial charge is 0.346 e. The first-order valence-electron chi connectivity index (χ1n) is 7.68. The second kappa shape index (κ2) is 8.98. The number of carbonyl (C=O) groups is 1. The summed E-state index contributed by atoms with van der Waals surface area (Å²) in [6.45, 7) is 2.67. The Morgan fingerprint density at radius 3 is 2.43 bits per heavy atom. The molecule has 0 atom stereocenters. The molecule has 1 amide bonds. The number of hydrogen-bond acceptors (Lipinski definition) is 3. The molecular weight excluding hydrogens is 319 g/mol. The Balaban J connectivity index is 2.70. The molecule has 0 aliphatic rings. The number of amides is 1. The maximum atomic E-state index is 13.7. The average Bonchev–Trinajstić information content (AvgIpc) is 2.49. The lowest BCUT2D eigenvalue weighted by Crippen LogP contribution is -2.35. The summed E-state index contributed by atoms with van der Waals surface area (Å²) in [5, 5.41) is 0. The van der Waals surface area contributed by atoms with Crippen LogP contribution < -0.4 is 0 Å². The van der Waals surface area contributed by atoms with E-state index in [9.17, 15) is 17.6 Å². The van der Waals surface area contributed by atoms with E-state index in [-0.39, 0.29) is 25.4 Å². The number of carbonyl (C=O) groups excluding carboxylic acids is 1. The molecule has 1 rings (SSSR count). The van der Waals surface area contributed by atoms with Crippen molar-refractivity contribution in [3.8, 4) is 0 Å². The van der Waals surface area contributed by atoms with Crippen LogP contribution in [-0.2, 0) is 21.4 Å². The van der Waals surface area contributed by atoms with Gasteiger partial charge in [0, 0.05) is 38.7 Å². The highest BCUT2D eigenvalue weighted by molar-refractivity contribution is 7.88. The number of hydrogen-bond donors (Lipinski definition) is 0. The predicted molar refractivity (Wildman–Crippen MR) is 88.8 cm³/mol. The first kappa shape index (κ1) is 19.6. The number of benzene rings is 1. The zero-order valence-electron chi connectivity index (χ0n) is 14.0. The van der Waals surface area contributed by atoms with Crippen LogP contribution in [0.1, 0.15) is 31.7 Å². The summed E-state index contributed by atoms with van der Waals surface area (Å²) in [4.78, 5) is 13.6. The second-order valence-corrected chi connectivity index (χ2v) is 7.59. The fraction of sp³-hybridized carbons (Fsp3) is 0.562. The fourth-order valence-corrected chi connectivity index (χ4v) is 2.91. The van der Waals surface area contributed by atoms with Crippen LogP contribution in [0.5, 0.6) is 0 Å². The highest BCUT2D eigenvalue weighted by Gasteiger charge is 2.20. The van der Waals surface area contributed by atoms with Gasteiger partial charge in [0.25, 0.3) is 0 Å². The van der Waals surface area contributed by atoms with Gasteiger partial charge in [0.2, 0.25) is 15.9 Å². The molecule has 130 valence electrons. The Bertz CT molecular complexity index is 620. The molecule has 0 aromatic heterocycles. The predicted octanol–water partition coefficient (Wildman–Crippen LogP) is 2.24. The van der Waals surface area contributed by atoms with Crippen molar-refractivity contribution in [1.29, 1.82) is 0 Å². The molecule has 1 aromatic carbocycles. The molecule has 0 aliphatic heterocycles. The van der Waals surface area contributed by atoms with Gasteiger partial charge in [-0.2, -0.15) is 4.31 Å². The Morgan fingerprint density at radius 1 is 1.22 bits per heavy atom. The molecule has 0 saturated heterocycles. The minimum atomic E-state index is -3.52. The Kier molecular flexibility index (Phi) is 7.64. The van der Waals surface area contributed by atoms with Crippen LogP contribution in [0.25, 0.3) is 0 Å². The van der Waals surface area contributed by atoms with Gasteiger partial charge in [0.1, 0.15) is 5.82 Å². The Hall–Kier alpha value is -1.47. The van der Waals surface area contributed by atoms with Gasteiger partial charge in [-0.3, -0.25) is 4.79 Å². The van der Waals surface area contributed by atoms with E-state index < -0.39 is 15.8 Å². The van der Waals surface area contributed by atoms with E-state index in [0.717, 1.165) is 23.4 Å². The van der Waals surface area contributed by atoms with E-state index >= 15 is 0 Å². The van der Waals surface area contributed by atoms with Crippen molar-refractivity contribution in [3.63, 3.8) is 0 Å². The van der Waals surface area contributed by atoms with Crippen molar-refractivity contribution >= 4 is 15.9 Å². The van der Waals surface area contributed by atoms with Crippen molar-refractivity contribution in [2.75, 3.05) is 26.4 Å². The molecule has 0 saturated carbocycles. The van der Waals surface area contributed by atoms with Crippen LogP contribution in [0.3, 0.4) is 0 Å². The summed E-state index contributed by atoms with van der Waals surface area (Å²) in [6.07, 6.45) is 3.05. The van der Waals surface area contributed by atoms with Crippen LogP contribution >= 0.6 is 0 Å². The highest BCUT2D eigenvalue weighted by Crippen LogP contribution is 2.13. The quantitative estimate of drug-likeness (QED) is 0.690. The number of sulfonamides is 1. The summed E-state index contributed by atoms with van der Waals surface area (Å²) >= 11 is 0. The molecule has 0 bridgehead atoms. The molecule has 0 radical (unpaired) electrons. The van der Waals surface area contributed by atoms with Gasteiger partial charge in [-0.15, -0.1) is 0 Å². The van der Waals surface area contributed by atoms with Gasteiger partial charge < -0.3 is 4.90 Å². The molecule has 0 heterocycles. The third-order valence-corrected chi connectivity index (χ3v) is 4.87. The molecule has 5 nitrogen and oxygen atoms in total. The second-order valence-electron chi connectivity index (χ2n) is 5.61. The molecule has 23 heavy (non-hydrogen) atoms. The SMILES string of the molecule is CCCCN(C)C(=O)CCN(Cc1ccccc1F)S(C)(=O)=O. The minimum Gasteiger partial charge on any atom is -0.346 e. The van der Waals surface area contributed by atoms with Crippen molar-refractivity contribution in [1.82, 2.24) is 9.21 Å². The van der Waals surface area contributed by atoms with E-state index in [4.69, 9.17) is 0 Å². The van der Waals surface area contributed by atoms with E-state index in [1.165, 1.54) is 6.07 Å². The highest BCUT2D eigenvalue weighted by atomic mass is 32.2. The molecule has 1 aromatic rings. The molecule has 0 N–H and O–H groups in total. The fourth-order valence-electron chi connectivity index (χ4n) is 2.11. The van der Waals surface area contributed by atoms with E-state index in [1.54, 1.807) is 30.1 Å². The normalized spacial score (nSPS) is 11.7. The van der Waals surface area contributed by atoms with Gasteiger partial charge in [-0.05, 0) is 12.5 Å². The van der Waals surface area contributed by atoms with Gasteiger partial charge >= 0.3 is 0 Å². The van der Waals surface area contributed by atoms with Crippen molar-refractivity contribution in [3.05, 3.63) is 35.6 Å². The third kappa shape index (κ3) is 6.66. The van der Waals surface area contributed by atoms with E-state index in [1.807, 2.05) is 6.92 Å². The summed E-state index contributed by atoms with van der Waals surface area (Å²) in [5.41, 5.74) is 0.296. The van der Waals surface area contributed by atoms with Crippen LogP contribution in [-0.4, -0.2) is 49.9 Å². The van der Waals surface area contributed by atoms with Gasteiger partial charge in [0.15, 0.2) is 0 Å². The van der Waals surface area contributed by atoms with Gasteiger partial charge in [-0.25, -0.2) is 12.8 Å². The van der Waals surface area contributed by atoms with Crippen LogP contribution in [0, 0.1) is 5.82 Å². The Morgan fingerprint density at radius 2 is 1.87 bits per heavy atom. The van der Waals surface area contributed by atoms with Crippen molar-refractivity contribution in [2.45, 2.75) is 32.7 Å². The lowest BCUT2D eigenvalue weighted by molar-refractivity contribution is -0.130. The molecule has 0 unspecified atom stereocenters. The summed E-state index contributed by atoms with van der Waals surface area (Å²) < 4.78 is 38.6. The van der Waals surface area contributed by atoms with E-state index in [2.05, 4.69) is 0 Å². The lowest BCUT2D eigenvalue weighted by Gasteiger charge is -2.22. The smallest absolute Gasteiger partial charge is 0.223 e. The number of nitrogens with zero attached hydrogens (tertiary/aromatic N) is 2. The average molecular weight is 344 g/mol. The standard InChI is InChI=1S/C16H25FN2O3S/c1-4-5-11-18(2)16(20)10-12-19(23(3,21)22)13-14-8-6-7-9-15(14)17/h6-9H,4-5,10-13H2,1-3H3. The van der Waals surface area contributed by atoms with Crippen LogP contribution in [0.2, 0.25) is 0 Å². The zero-order valence-corrected chi connectivity index (χ0v) is 14.8. The number of halogens is 1. The number of rotatable bonds is 9. The first-order valence-corrected chi connectivity index (χ1v) is 9.53. The summed E-state index contributed by atoms with van der Waals surface area (Å²) in [5.74, 6) is -0.562. The summed E-state index contributed by atoms with van der Waals surface area (Å²) in [6, 6.07) is 6.04. The van der Waals surface area contributed by atoms with Gasteiger partial charge in [0.05, 0.1) is 6.26 Å².